The Morgan fingerprint density at radius 3 is 2.86 bits per heavy atom. The highest BCUT2D eigenvalue weighted by molar-refractivity contribution is 7.89. The molecule has 5 N–H and O–H groups in total. The number of benzene rings is 2. The summed E-state index contributed by atoms with van der Waals surface area (Å²) < 4.78 is 45.3. The van der Waals surface area contributed by atoms with Gasteiger partial charge in [0, 0.05) is 30.9 Å². The summed E-state index contributed by atoms with van der Waals surface area (Å²) in [6, 6.07) is 7.32. The number of sulfonamides is 1. The molecule has 0 bridgehead atoms. The minimum absolute atomic E-state index is 0.0479. The lowest BCUT2D eigenvalue weighted by Gasteiger charge is -2.27. The molecule has 0 fully saturated rings. The number of anilines is 1. The van der Waals surface area contributed by atoms with E-state index in [1.807, 2.05) is 0 Å². The maximum atomic E-state index is 15.0. The summed E-state index contributed by atoms with van der Waals surface area (Å²) in [4.78, 5) is 18.0. The van der Waals surface area contributed by atoms with E-state index in [0.717, 1.165) is 55.9 Å². The molecule has 11 heteroatoms. The zero-order valence-electron chi connectivity index (χ0n) is 19.0. The van der Waals surface area contributed by atoms with Gasteiger partial charge in [-0.05, 0) is 73.1 Å². The summed E-state index contributed by atoms with van der Waals surface area (Å²) >= 11 is 0. The van der Waals surface area contributed by atoms with E-state index in [0.29, 0.717) is 11.3 Å². The summed E-state index contributed by atoms with van der Waals surface area (Å²) in [5, 5.41) is 17.7. The van der Waals surface area contributed by atoms with E-state index in [4.69, 9.17) is 15.0 Å². The largest absolute Gasteiger partial charge is 0.490 e. The molecular formula is C24H27FN4O5S. The predicted octanol–water partition coefficient (Wildman–Crippen LogP) is 3.47. The Balaban J connectivity index is 1.53. The number of aliphatic carboxylic acids is 1. The minimum atomic E-state index is -4.17. The fraction of sp³-hybridized carbons (Fsp3) is 0.333. The van der Waals surface area contributed by atoms with Crippen molar-refractivity contribution in [1.82, 2.24) is 9.97 Å². The van der Waals surface area contributed by atoms with Gasteiger partial charge in [-0.2, -0.15) is 0 Å². The quantitative estimate of drug-likeness (QED) is 0.310. The number of hydrogen-bond acceptors (Lipinski definition) is 6. The highest BCUT2D eigenvalue weighted by Crippen LogP contribution is 2.37. The van der Waals surface area contributed by atoms with Gasteiger partial charge in [0.1, 0.15) is 11.6 Å². The highest BCUT2D eigenvalue weighted by Gasteiger charge is 2.24. The molecule has 1 aliphatic heterocycles. The van der Waals surface area contributed by atoms with Crippen molar-refractivity contribution in [3.05, 3.63) is 59.7 Å². The second-order valence-corrected chi connectivity index (χ2v) is 9.98. The third kappa shape index (κ3) is 5.98. The molecule has 4 rings (SSSR count). The summed E-state index contributed by atoms with van der Waals surface area (Å²) in [5.41, 5.74) is 1.45. The Morgan fingerprint density at radius 2 is 2.14 bits per heavy atom. The van der Waals surface area contributed by atoms with Crippen molar-refractivity contribution in [3.63, 3.8) is 0 Å². The number of fused-ring (bicyclic) bond motifs is 1. The monoisotopic (exact) mass is 502 g/mol. The number of imidazole rings is 1. The van der Waals surface area contributed by atoms with E-state index in [1.54, 1.807) is 30.6 Å². The molecule has 0 saturated heterocycles. The van der Waals surface area contributed by atoms with Crippen molar-refractivity contribution in [2.45, 2.75) is 49.5 Å². The average molecular weight is 503 g/mol. The standard InChI is InChI=1S/C24H27FN4O5S/c25-19-7-9-21(35(26,32)33)18(6-10-22(30)31)23(19)16-4-8-20-15(14-16)3-5-17(34-20)2-1-11-27-24-28-12-13-29-24/h4,7-9,12-14,17H,1-3,5-6,10-11H2,(H,30,31)(H2,26,32,33)(H2,27,28,29)/t17-/m1/s1. The van der Waals surface area contributed by atoms with E-state index >= 15 is 0 Å². The lowest BCUT2D eigenvalue weighted by Crippen LogP contribution is -2.23. The van der Waals surface area contributed by atoms with Crippen molar-refractivity contribution in [3.8, 4) is 16.9 Å². The molecule has 0 radical (unpaired) electrons. The number of hydrogen-bond donors (Lipinski definition) is 4. The smallest absolute Gasteiger partial charge is 0.303 e. The van der Waals surface area contributed by atoms with Gasteiger partial charge in [0.25, 0.3) is 0 Å². The molecule has 35 heavy (non-hydrogen) atoms. The van der Waals surface area contributed by atoms with Gasteiger partial charge in [0.2, 0.25) is 10.0 Å². The average Bonchev–Trinajstić information content (AvgIpc) is 3.33. The molecule has 1 atom stereocenters. The molecule has 0 aliphatic carbocycles. The zero-order chi connectivity index (χ0) is 25.0. The van der Waals surface area contributed by atoms with Gasteiger partial charge in [0.05, 0.1) is 11.0 Å². The molecule has 2 heterocycles. The molecule has 3 aromatic rings. The Morgan fingerprint density at radius 1 is 1.31 bits per heavy atom. The first-order chi connectivity index (χ1) is 16.7. The number of primary sulfonamides is 1. The van der Waals surface area contributed by atoms with Gasteiger partial charge in [-0.15, -0.1) is 0 Å². The number of rotatable bonds is 10. The molecule has 186 valence electrons. The fourth-order valence-corrected chi connectivity index (χ4v) is 5.17. The summed E-state index contributed by atoms with van der Waals surface area (Å²) in [7, 11) is -4.17. The number of nitrogens with zero attached hydrogens (tertiary/aromatic N) is 1. The number of nitrogens with one attached hydrogen (secondary N) is 2. The number of carbonyl (C=O) groups is 1. The van der Waals surface area contributed by atoms with Crippen molar-refractivity contribution in [2.24, 2.45) is 5.14 Å². The van der Waals surface area contributed by atoms with Crippen LogP contribution in [0.1, 0.15) is 36.8 Å². The summed E-state index contributed by atoms with van der Waals surface area (Å²) in [6.07, 6.45) is 6.24. The Kier molecular flexibility index (Phi) is 7.37. The van der Waals surface area contributed by atoms with Crippen LogP contribution in [0.4, 0.5) is 10.3 Å². The first-order valence-electron chi connectivity index (χ1n) is 11.3. The second kappa shape index (κ2) is 10.4. The normalized spacial score (nSPS) is 15.3. The third-order valence-electron chi connectivity index (χ3n) is 5.99. The van der Waals surface area contributed by atoms with Gasteiger partial charge < -0.3 is 20.1 Å². The van der Waals surface area contributed by atoms with E-state index in [2.05, 4.69) is 15.3 Å². The maximum Gasteiger partial charge on any atom is 0.303 e. The van der Waals surface area contributed by atoms with Crippen LogP contribution in [0.3, 0.4) is 0 Å². The molecule has 0 amide bonds. The molecule has 1 aliphatic rings. The topological polar surface area (TPSA) is 147 Å². The number of nitrogens with two attached hydrogens (primary N) is 1. The summed E-state index contributed by atoms with van der Waals surface area (Å²) in [5.74, 6) is -0.325. The molecule has 0 saturated carbocycles. The number of carboxylic acids is 1. The minimum Gasteiger partial charge on any atom is -0.490 e. The number of aromatic nitrogens is 2. The fourth-order valence-electron chi connectivity index (χ4n) is 4.36. The van der Waals surface area contributed by atoms with Crippen molar-refractivity contribution in [1.29, 1.82) is 0 Å². The lowest BCUT2D eigenvalue weighted by atomic mass is 9.92. The zero-order valence-corrected chi connectivity index (χ0v) is 19.8. The number of aryl methyl sites for hydroxylation is 1. The van der Waals surface area contributed by atoms with Gasteiger partial charge in [-0.25, -0.2) is 22.9 Å². The van der Waals surface area contributed by atoms with Crippen LogP contribution in [0.5, 0.6) is 5.75 Å². The number of ether oxygens (including phenoxy) is 1. The van der Waals surface area contributed by atoms with Gasteiger partial charge in [-0.1, -0.05) is 6.07 Å². The second-order valence-electron chi connectivity index (χ2n) is 8.45. The van der Waals surface area contributed by atoms with Crippen LogP contribution < -0.4 is 15.2 Å². The molecule has 0 spiro atoms. The van der Waals surface area contributed by atoms with Crippen LogP contribution in [-0.2, 0) is 27.7 Å². The van der Waals surface area contributed by atoms with Gasteiger partial charge >= 0.3 is 5.97 Å². The van der Waals surface area contributed by atoms with Crippen LogP contribution in [0.15, 0.2) is 47.6 Å². The summed E-state index contributed by atoms with van der Waals surface area (Å²) in [6.45, 7) is 0.762. The number of aromatic amines is 1. The number of H-pyrrole nitrogens is 1. The molecular weight excluding hydrogens is 475 g/mol. The van der Waals surface area contributed by atoms with E-state index < -0.39 is 21.8 Å². The predicted molar refractivity (Wildman–Crippen MR) is 128 cm³/mol. The van der Waals surface area contributed by atoms with Crippen molar-refractivity contribution >= 4 is 21.9 Å². The first-order valence-corrected chi connectivity index (χ1v) is 12.9. The molecule has 1 aromatic heterocycles. The van der Waals surface area contributed by atoms with Crippen molar-refractivity contribution in [2.75, 3.05) is 11.9 Å². The van der Waals surface area contributed by atoms with Gasteiger partial charge in [0.15, 0.2) is 5.95 Å². The molecule has 9 nitrogen and oxygen atoms in total. The van der Waals surface area contributed by atoms with Crippen LogP contribution in [-0.4, -0.2) is 42.1 Å². The third-order valence-corrected chi connectivity index (χ3v) is 6.98. The number of carboxylic acid groups (broad SMARTS) is 1. The van der Waals surface area contributed by atoms with Crippen LogP contribution in [0, 0.1) is 5.82 Å². The molecule has 2 aromatic carbocycles. The van der Waals surface area contributed by atoms with Crippen LogP contribution in [0.2, 0.25) is 0 Å². The SMILES string of the molecule is NS(=O)(=O)c1ccc(F)c(-c2ccc3c(c2)CC[C@@H](CCCNc2ncc[nH]2)O3)c1CCC(=O)O. The lowest BCUT2D eigenvalue weighted by molar-refractivity contribution is -0.136. The van der Waals surface area contributed by atoms with Gasteiger partial charge in [-0.3, -0.25) is 4.79 Å². The maximum absolute atomic E-state index is 15.0. The Hall–Kier alpha value is -3.44. The highest BCUT2D eigenvalue weighted by atomic mass is 32.2. The molecule has 0 unspecified atom stereocenters. The van der Waals surface area contributed by atoms with E-state index in [1.165, 1.54) is 0 Å². The first kappa shape index (κ1) is 24.7. The van der Waals surface area contributed by atoms with E-state index in [-0.39, 0.29) is 35.0 Å². The Labute approximate surface area is 202 Å². The van der Waals surface area contributed by atoms with Crippen LogP contribution >= 0.6 is 0 Å². The van der Waals surface area contributed by atoms with Crippen LogP contribution in [0.25, 0.3) is 11.1 Å². The van der Waals surface area contributed by atoms with Crippen molar-refractivity contribution < 1.29 is 27.4 Å². The number of halogens is 1. The Bertz CT molecular complexity index is 1310. The van der Waals surface area contributed by atoms with E-state index in [9.17, 15) is 17.6 Å².